The molecule has 3 aromatic rings. The molecule has 3 aromatic heterocycles. The third-order valence-electron chi connectivity index (χ3n) is 5.12. The SMILES string of the molecule is CCc1nc(CN2CCN(C(=O)c3cnc4c(cnn4C(C)C)c3)CC2)cs1. The highest BCUT2D eigenvalue weighted by molar-refractivity contribution is 7.09. The molecule has 7 nitrogen and oxygen atoms in total. The first kappa shape index (κ1) is 19.0. The van der Waals surface area contributed by atoms with Gasteiger partial charge in [0.25, 0.3) is 5.91 Å². The maximum atomic E-state index is 12.9. The Morgan fingerprint density at radius 3 is 2.68 bits per heavy atom. The zero-order chi connectivity index (χ0) is 19.7. The third-order valence-corrected chi connectivity index (χ3v) is 6.16. The quantitative estimate of drug-likeness (QED) is 0.661. The summed E-state index contributed by atoms with van der Waals surface area (Å²) in [7, 11) is 0. The maximum Gasteiger partial charge on any atom is 0.255 e. The van der Waals surface area contributed by atoms with Crippen LogP contribution in [0.5, 0.6) is 0 Å². The van der Waals surface area contributed by atoms with E-state index in [4.69, 9.17) is 0 Å². The van der Waals surface area contributed by atoms with Crippen molar-refractivity contribution in [1.29, 1.82) is 0 Å². The summed E-state index contributed by atoms with van der Waals surface area (Å²) in [4.78, 5) is 26.4. The number of carbonyl (C=O) groups is 1. The predicted molar refractivity (Wildman–Crippen MR) is 111 cm³/mol. The second-order valence-electron chi connectivity index (χ2n) is 7.47. The van der Waals surface area contributed by atoms with Gasteiger partial charge in [-0.1, -0.05) is 6.92 Å². The molecule has 0 saturated carbocycles. The molecule has 1 amide bonds. The minimum atomic E-state index is 0.0493. The van der Waals surface area contributed by atoms with Crippen LogP contribution < -0.4 is 0 Å². The second kappa shape index (κ2) is 7.97. The molecule has 0 aliphatic carbocycles. The van der Waals surface area contributed by atoms with Gasteiger partial charge in [0.05, 0.1) is 22.5 Å². The summed E-state index contributed by atoms with van der Waals surface area (Å²) < 4.78 is 1.88. The first-order chi connectivity index (χ1) is 13.5. The lowest BCUT2D eigenvalue weighted by molar-refractivity contribution is 0.0627. The molecular weight excluding hydrogens is 372 g/mol. The van der Waals surface area contributed by atoms with Crippen LogP contribution in [0.15, 0.2) is 23.8 Å². The van der Waals surface area contributed by atoms with Crippen LogP contribution in [0.1, 0.15) is 47.9 Å². The lowest BCUT2D eigenvalue weighted by Gasteiger charge is -2.34. The largest absolute Gasteiger partial charge is 0.336 e. The highest BCUT2D eigenvalue weighted by Gasteiger charge is 2.23. The van der Waals surface area contributed by atoms with Gasteiger partial charge in [-0.05, 0) is 26.3 Å². The van der Waals surface area contributed by atoms with Crippen LogP contribution in [0.25, 0.3) is 11.0 Å². The lowest BCUT2D eigenvalue weighted by atomic mass is 10.2. The van der Waals surface area contributed by atoms with Crippen LogP contribution in [0, 0.1) is 0 Å². The van der Waals surface area contributed by atoms with E-state index in [0.29, 0.717) is 5.56 Å². The van der Waals surface area contributed by atoms with Crippen molar-refractivity contribution in [2.24, 2.45) is 0 Å². The van der Waals surface area contributed by atoms with E-state index in [2.05, 4.69) is 46.1 Å². The molecule has 4 heterocycles. The van der Waals surface area contributed by atoms with Crippen LogP contribution in [-0.4, -0.2) is 61.6 Å². The van der Waals surface area contributed by atoms with Crippen molar-refractivity contribution in [3.8, 4) is 0 Å². The van der Waals surface area contributed by atoms with Crippen LogP contribution in [-0.2, 0) is 13.0 Å². The monoisotopic (exact) mass is 398 g/mol. The Morgan fingerprint density at radius 2 is 2.00 bits per heavy atom. The first-order valence-electron chi connectivity index (χ1n) is 9.83. The van der Waals surface area contributed by atoms with E-state index >= 15 is 0 Å². The minimum Gasteiger partial charge on any atom is -0.336 e. The van der Waals surface area contributed by atoms with Gasteiger partial charge in [-0.25, -0.2) is 14.6 Å². The zero-order valence-electron chi connectivity index (χ0n) is 16.6. The Kier molecular flexibility index (Phi) is 5.41. The molecule has 4 rings (SSSR count). The Bertz CT molecular complexity index is 970. The van der Waals surface area contributed by atoms with Gasteiger partial charge in [0.1, 0.15) is 0 Å². The Labute approximate surface area is 169 Å². The molecule has 0 bridgehead atoms. The van der Waals surface area contributed by atoms with E-state index in [1.54, 1.807) is 23.7 Å². The predicted octanol–water partition coefficient (Wildman–Crippen LogP) is 2.99. The fourth-order valence-electron chi connectivity index (χ4n) is 3.54. The lowest BCUT2D eigenvalue weighted by Crippen LogP contribution is -2.48. The number of rotatable bonds is 5. The fraction of sp³-hybridized carbons (Fsp3) is 0.500. The molecule has 1 aliphatic heterocycles. The number of hydrogen-bond acceptors (Lipinski definition) is 6. The van der Waals surface area contributed by atoms with E-state index in [0.717, 1.165) is 55.9 Å². The molecule has 0 atom stereocenters. The Balaban J connectivity index is 1.39. The first-order valence-corrected chi connectivity index (χ1v) is 10.7. The van der Waals surface area contributed by atoms with Crippen molar-refractivity contribution < 1.29 is 4.79 Å². The number of pyridine rings is 1. The van der Waals surface area contributed by atoms with Gasteiger partial charge < -0.3 is 4.90 Å². The van der Waals surface area contributed by atoms with Crippen LogP contribution >= 0.6 is 11.3 Å². The van der Waals surface area contributed by atoms with Gasteiger partial charge in [-0.2, -0.15) is 5.10 Å². The van der Waals surface area contributed by atoms with Crippen molar-refractivity contribution in [1.82, 2.24) is 29.5 Å². The summed E-state index contributed by atoms with van der Waals surface area (Å²) in [6.45, 7) is 10.3. The van der Waals surface area contributed by atoms with E-state index in [1.807, 2.05) is 15.6 Å². The van der Waals surface area contributed by atoms with E-state index < -0.39 is 0 Å². The number of piperazine rings is 1. The molecule has 0 radical (unpaired) electrons. The third kappa shape index (κ3) is 3.79. The zero-order valence-corrected chi connectivity index (χ0v) is 17.4. The van der Waals surface area contributed by atoms with E-state index in [9.17, 15) is 4.79 Å². The summed E-state index contributed by atoms with van der Waals surface area (Å²) in [5, 5.41) is 8.63. The topological polar surface area (TPSA) is 67.2 Å². The van der Waals surface area contributed by atoms with Crippen LogP contribution in [0.2, 0.25) is 0 Å². The normalized spacial score (nSPS) is 15.6. The Morgan fingerprint density at radius 1 is 1.21 bits per heavy atom. The fourth-order valence-corrected chi connectivity index (χ4v) is 4.28. The summed E-state index contributed by atoms with van der Waals surface area (Å²) in [5.41, 5.74) is 2.60. The van der Waals surface area contributed by atoms with Crippen molar-refractivity contribution >= 4 is 28.3 Å². The van der Waals surface area contributed by atoms with Gasteiger partial charge in [0, 0.05) is 55.7 Å². The minimum absolute atomic E-state index is 0.0493. The molecule has 8 heteroatoms. The molecule has 148 valence electrons. The summed E-state index contributed by atoms with van der Waals surface area (Å²) in [5.74, 6) is 0.0493. The number of hydrogen-bond donors (Lipinski definition) is 0. The number of amides is 1. The van der Waals surface area contributed by atoms with E-state index in [-0.39, 0.29) is 11.9 Å². The van der Waals surface area contributed by atoms with Crippen LogP contribution in [0.4, 0.5) is 0 Å². The van der Waals surface area contributed by atoms with Crippen molar-refractivity contribution in [2.75, 3.05) is 26.2 Å². The standard InChI is InChI=1S/C20H26N6OS/c1-4-18-23-17(13-28-18)12-24-5-7-25(8-6-24)20(27)16-9-15-11-22-26(14(2)3)19(15)21-10-16/h9-11,13-14H,4-8,12H2,1-3H3. The number of thiazole rings is 1. The molecule has 1 aliphatic rings. The summed E-state index contributed by atoms with van der Waals surface area (Å²) in [6, 6.07) is 2.15. The summed E-state index contributed by atoms with van der Waals surface area (Å²) >= 11 is 1.73. The molecule has 1 saturated heterocycles. The molecule has 1 fully saturated rings. The molecule has 0 N–H and O–H groups in total. The average molecular weight is 399 g/mol. The highest BCUT2D eigenvalue weighted by Crippen LogP contribution is 2.19. The molecular formula is C20H26N6OS. The van der Waals surface area contributed by atoms with Gasteiger partial charge >= 0.3 is 0 Å². The van der Waals surface area contributed by atoms with Crippen molar-refractivity contribution in [3.05, 3.63) is 40.1 Å². The number of aromatic nitrogens is 4. The van der Waals surface area contributed by atoms with Crippen molar-refractivity contribution in [2.45, 2.75) is 39.8 Å². The number of fused-ring (bicyclic) bond motifs is 1. The number of nitrogens with zero attached hydrogens (tertiary/aromatic N) is 6. The molecule has 0 spiro atoms. The van der Waals surface area contributed by atoms with Crippen LogP contribution in [0.3, 0.4) is 0 Å². The smallest absolute Gasteiger partial charge is 0.255 e. The second-order valence-corrected chi connectivity index (χ2v) is 8.42. The number of aryl methyl sites for hydroxylation is 1. The summed E-state index contributed by atoms with van der Waals surface area (Å²) in [6.07, 6.45) is 4.45. The van der Waals surface area contributed by atoms with Gasteiger partial charge in [-0.15, -0.1) is 11.3 Å². The molecule has 0 unspecified atom stereocenters. The molecule has 28 heavy (non-hydrogen) atoms. The maximum absolute atomic E-state index is 12.9. The van der Waals surface area contributed by atoms with Gasteiger partial charge in [0.15, 0.2) is 5.65 Å². The van der Waals surface area contributed by atoms with Crippen molar-refractivity contribution in [3.63, 3.8) is 0 Å². The molecule has 0 aromatic carbocycles. The number of carbonyl (C=O) groups excluding carboxylic acids is 1. The van der Waals surface area contributed by atoms with E-state index in [1.165, 1.54) is 5.01 Å². The Hall–Kier alpha value is -2.32. The highest BCUT2D eigenvalue weighted by atomic mass is 32.1. The van der Waals surface area contributed by atoms with Gasteiger partial charge in [-0.3, -0.25) is 9.69 Å². The van der Waals surface area contributed by atoms with Gasteiger partial charge in [0.2, 0.25) is 0 Å². The average Bonchev–Trinajstić information content (AvgIpc) is 3.34.